The molecule has 1 saturated heterocycles. The molecule has 2 amide bonds. The molecule has 1 heterocycles. The molecule has 25 heavy (non-hydrogen) atoms. The van der Waals surface area contributed by atoms with Gasteiger partial charge in [0.2, 0.25) is 11.8 Å². The van der Waals surface area contributed by atoms with Crippen LogP contribution >= 0.6 is 15.9 Å². The van der Waals surface area contributed by atoms with E-state index in [4.69, 9.17) is 0 Å². The third-order valence-electron chi connectivity index (χ3n) is 3.87. The number of benzene rings is 2. The second kappa shape index (κ2) is 6.61. The molecule has 0 unspecified atom stereocenters. The molecule has 130 valence electrons. The maximum Gasteiger partial charge on any atom is 0.261 e. The van der Waals surface area contributed by atoms with E-state index in [1.165, 1.54) is 24.3 Å². The van der Waals surface area contributed by atoms with Gasteiger partial charge in [-0.05, 0) is 55.0 Å². The molecule has 1 fully saturated rings. The van der Waals surface area contributed by atoms with Gasteiger partial charge in [-0.15, -0.1) is 0 Å². The lowest BCUT2D eigenvalue weighted by Crippen LogP contribution is -2.28. The van der Waals surface area contributed by atoms with Gasteiger partial charge in [-0.2, -0.15) is 0 Å². The number of halogens is 1. The van der Waals surface area contributed by atoms with Crippen LogP contribution in [0.2, 0.25) is 0 Å². The minimum Gasteiger partial charge on any atom is -0.280 e. The standard InChI is InChI=1S/C17H15BrN2O4S/c1-11-10-12(2-7-15(11)18)19-25(23,24)14-5-3-13(4-6-14)20-16(21)8-9-17(20)22/h2-7,10,19H,8-9H2,1H3. The molecule has 1 aliphatic heterocycles. The Hall–Kier alpha value is -2.19. The molecule has 3 rings (SSSR count). The topological polar surface area (TPSA) is 83.6 Å². The molecule has 1 aliphatic rings. The molecule has 0 saturated carbocycles. The maximum absolute atomic E-state index is 12.5. The molecular weight excluding hydrogens is 408 g/mol. The molecule has 0 bridgehead atoms. The molecule has 0 aliphatic carbocycles. The molecule has 2 aromatic carbocycles. The van der Waals surface area contributed by atoms with Gasteiger partial charge in [-0.3, -0.25) is 19.2 Å². The van der Waals surface area contributed by atoms with Gasteiger partial charge in [-0.1, -0.05) is 15.9 Å². The first kappa shape index (κ1) is 17.6. The first-order chi connectivity index (χ1) is 11.8. The summed E-state index contributed by atoms with van der Waals surface area (Å²) in [6.07, 6.45) is 0.368. The average Bonchev–Trinajstić information content (AvgIpc) is 2.90. The van der Waals surface area contributed by atoms with Crippen LogP contribution < -0.4 is 9.62 Å². The number of sulfonamides is 1. The molecule has 0 spiro atoms. The van der Waals surface area contributed by atoms with Gasteiger partial charge in [-0.25, -0.2) is 8.42 Å². The van der Waals surface area contributed by atoms with Crippen molar-refractivity contribution in [2.45, 2.75) is 24.7 Å². The fourth-order valence-electron chi connectivity index (χ4n) is 2.56. The van der Waals surface area contributed by atoms with Crippen LogP contribution in [-0.2, 0) is 19.6 Å². The smallest absolute Gasteiger partial charge is 0.261 e. The fraction of sp³-hybridized carbons (Fsp3) is 0.176. The normalized spacial score (nSPS) is 14.9. The Morgan fingerprint density at radius 3 is 2.16 bits per heavy atom. The Labute approximate surface area is 154 Å². The second-order valence-electron chi connectivity index (χ2n) is 5.69. The summed E-state index contributed by atoms with van der Waals surface area (Å²) in [6.45, 7) is 1.86. The third-order valence-corrected chi connectivity index (χ3v) is 6.15. The lowest BCUT2D eigenvalue weighted by molar-refractivity contribution is -0.121. The van der Waals surface area contributed by atoms with Gasteiger partial charge in [0.25, 0.3) is 10.0 Å². The predicted octanol–water partition coefficient (Wildman–Crippen LogP) is 3.21. The van der Waals surface area contributed by atoms with Gasteiger partial charge in [0.1, 0.15) is 0 Å². The minimum absolute atomic E-state index is 0.0518. The number of nitrogens with zero attached hydrogens (tertiary/aromatic N) is 1. The van der Waals surface area contributed by atoms with Crippen molar-refractivity contribution < 1.29 is 18.0 Å². The Kier molecular flexibility index (Phi) is 4.66. The Bertz CT molecular complexity index is 939. The molecule has 2 aromatic rings. The van der Waals surface area contributed by atoms with Crippen LogP contribution in [0.5, 0.6) is 0 Å². The molecular formula is C17H15BrN2O4S. The predicted molar refractivity (Wildman–Crippen MR) is 97.9 cm³/mol. The summed E-state index contributed by atoms with van der Waals surface area (Å²) in [6, 6.07) is 10.8. The van der Waals surface area contributed by atoms with E-state index in [9.17, 15) is 18.0 Å². The molecule has 8 heteroatoms. The van der Waals surface area contributed by atoms with Crippen molar-refractivity contribution in [3.8, 4) is 0 Å². The van der Waals surface area contributed by atoms with Crippen LogP contribution in [0.4, 0.5) is 11.4 Å². The monoisotopic (exact) mass is 422 g/mol. The maximum atomic E-state index is 12.5. The zero-order chi connectivity index (χ0) is 18.2. The largest absolute Gasteiger partial charge is 0.280 e. The van der Waals surface area contributed by atoms with Crippen LogP contribution in [0, 0.1) is 6.92 Å². The highest BCUT2D eigenvalue weighted by Crippen LogP contribution is 2.26. The summed E-state index contributed by atoms with van der Waals surface area (Å²) in [5.41, 5.74) is 1.74. The number of imide groups is 1. The van der Waals surface area contributed by atoms with Gasteiger partial charge in [0.15, 0.2) is 0 Å². The van der Waals surface area contributed by atoms with Crippen LogP contribution in [0.3, 0.4) is 0 Å². The SMILES string of the molecule is Cc1cc(NS(=O)(=O)c2ccc(N3C(=O)CCC3=O)cc2)ccc1Br. The van der Waals surface area contributed by atoms with Crippen molar-refractivity contribution in [2.24, 2.45) is 0 Å². The van der Waals surface area contributed by atoms with Crippen molar-refractivity contribution in [3.63, 3.8) is 0 Å². The van der Waals surface area contributed by atoms with E-state index >= 15 is 0 Å². The van der Waals surface area contributed by atoms with E-state index < -0.39 is 10.0 Å². The highest BCUT2D eigenvalue weighted by Gasteiger charge is 2.30. The number of hydrogen-bond donors (Lipinski definition) is 1. The third kappa shape index (κ3) is 3.59. The van der Waals surface area contributed by atoms with Crippen molar-refractivity contribution in [2.75, 3.05) is 9.62 Å². The fourth-order valence-corrected chi connectivity index (χ4v) is 3.86. The highest BCUT2D eigenvalue weighted by atomic mass is 79.9. The number of anilines is 2. The first-order valence-electron chi connectivity index (χ1n) is 7.53. The summed E-state index contributed by atoms with van der Waals surface area (Å²) in [7, 11) is -3.76. The lowest BCUT2D eigenvalue weighted by Gasteiger charge is -2.14. The van der Waals surface area contributed by atoms with Crippen molar-refractivity contribution in [3.05, 3.63) is 52.5 Å². The average molecular weight is 423 g/mol. The number of rotatable bonds is 4. The van der Waals surface area contributed by atoms with E-state index in [0.717, 1.165) is 14.9 Å². The van der Waals surface area contributed by atoms with Gasteiger partial charge < -0.3 is 0 Å². The van der Waals surface area contributed by atoms with Crippen molar-refractivity contribution >= 4 is 49.1 Å². The van der Waals surface area contributed by atoms with Crippen molar-refractivity contribution in [1.29, 1.82) is 0 Å². The number of aryl methyl sites for hydroxylation is 1. The van der Waals surface area contributed by atoms with Crippen LogP contribution in [0.15, 0.2) is 51.8 Å². The molecule has 0 radical (unpaired) electrons. The van der Waals surface area contributed by atoms with E-state index in [-0.39, 0.29) is 29.6 Å². The quantitative estimate of drug-likeness (QED) is 0.766. The zero-order valence-electron chi connectivity index (χ0n) is 13.3. The van der Waals surface area contributed by atoms with E-state index in [0.29, 0.717) is 11.4 Å². The molecule has 0 atom stereocenters. The van der Waals surface area contributed by atoms with Gasteiger partial charge in [0.05, 0.1) is 10.6 Å². The Balaban J connectivity index is 1.84. The first-order valence-corrected chi connectivity index (χ1v) is 9.80. The molecule has 1 N–H and O–H groups in total. The minimum atomic E-state index is -3.76. The number of nitrogens with one attached hydrogen (secondary N) is 1. The lowest BCUT2D eigenvalue weighted by atomic mass is 10.2. The summed E-state index contributed by atoms with van der Waals surface area (Å²) in [5, 5.41) is 0. The van der Waals surface area contributed by atoms with Crippen LogP contribution in [0.25, 0.3) is 0 Å². The van der Waals surface area contributed by atoms with Crippen LogP contribution in [-0.4, -0.2) is 20.2 Å². The van der Waals surface area contributed by atoms with Crippen LogP contribution in [0.1, 0.15) is 18.4 Å². The van der Waals surface area contributed by atoms with Gasteiger partial charge in [0, 0.05) is 23.0 Å². The zero-order valence-corrected chi connectivity index (χ0v) is 15.7. The highest BCUT2D eigenvalue weighted by molar-refractivity contribution is 9.10. The number of carbonyl (C=O) groups excluding carboxylic acids is 2. The van der Waals surface area contributed by atoms with E-state index in [1.807, 2.05) is 6.92 Å². The second-order valence-corrected chi connectivity index (χ2v) is 8.22. The van der Waals surface area contributed by atoms with Gasteiger partial charge >= 0.3 is 0 Å². The molecule has 6 nitrogen and oxygen atoms in total. The summed E-state index contributed by atoms with van der Waals surface area (Å²) in [4.78, 5) is 24.6. The van der Waals surface area contributed by atoms with E-state index in [1.54, 1.807) is 18.2 Å². The number of hydrogen-bond acceptors (Lipinski definition) is 4. The Morgan fingerprint density at radius 2 is 1.60 bits per heavy atom. The summed E-state index contributed by atoms with van der Waals surface area (Å²) >= 11 is 3.37. The van der Waals surface area contributed by atoms with Crippen molar-refractivity contribution in [1.82, 2.24) is 0 Å². The molecule has 0 aromatic heterocycles. The summed E-state index contributed by atoms with van der Waals surface area (Å²) < 4.78 is 28.4. The Morgan fingerprint density at radius 1 is 1.00 bits per heavy atom. The number of carbonyl (C=O) groups is 2. The van der Waals surface area contributed by atoms with E-state index in [2.05, 4.69) is 20.7 Å². The number of amides is 2. The summed E-state index contributed by atoms with van der Waals surface area (Å²) in [5.74, 6) is -0.548.